The van der Waals surface area contributed by atoms with Crippen LogP contribution in [0.4, 0.5) is 13.2 Å². The van der Waals surface area contributed by atoms with Gasteiger partial charge < -0.3 is 105 Å². The highest BCUT2D eigenvalue weighted by atomic mass is 19.4. The highest BCUT2D eigenvalue weighted by molar-refractivity contribution is 6.01. The monoisotopic (exact) mass is 1550 g/mol. The predicted octanol–water partition coefficient (Wildman–Crippen LogP) is -0.0506. The summed E-state index contributed by atoms with van der Waals surface area (Å²) in [6.07, 6.45) is -1.12. The van der Waals surface area contributed by atoms with Gasteiger partial charge in [0.2, 0.25) is 65.0 Å². The van der Waals surface area contributed by atoms with Crippen molar-refractivity contribution in [3.8, 4) is 0 Å². The number of aromatic nitrogens is 3. The van der Waals surface area contributed by atoms with Crippen molar-refractivity contribution in [2.24, 2.45) is 23.1 Å². The third-order valence-corrected chi connectivity index (χ3v) is 18.6. The van der Waals surface area contributed by atoms with E-state index in [1.807, 2.05) is 30.3 Å². The van der Waals surface area contributed by atoms with Crippen LogP contribution >= 0.6 is 0 Å². The van der Waals surface area contributed by atoms with E-state index in [0.29, 0.717) is 74.2 Å². The molecular formula is C74H91F3N16O18. The molecular weight excluding hydrogens is 1460 g/mol. The molecule has 596 valence electrons. The minimum Gasteiger partial charge on any atom is -0.481 e. The summed E-state index contributed by atoms with van der Waals surface area (Å²) in [5.41, 5.74) is 21.5. The van der Waals surface area contributed by atoms with Gasteiger partial charge in [0, 0.05) is 83.5 Å². The van der Waals surface area contributed by atoms with Crippen molar-refractivity contribution in [1.82, 2.24) is 67.7 Å². The van der Waals surface area contributed by atoms with E-state index in [4.69, 9.17) is 27.1 Å². The molecule has 8 rings (SSSR count). The molecule has 0 radical (unpaired) electrons. The largest absolute Gasteiger partial charge is 0.490 e. The van der Waals surface area contributed by atoms with E-state index >= 15 is 14.4 Å². The van der Waals surface area contributed by atoms with Crippen LogP contribution in [0.2, 0.25) is 0 Å². The molecule has 0 spiro atoms. The molecule has 0 aliphatic carbocycles. The van der Waals surface area contributed by atoms with Gasteiger partial charge in [0.15, 0.2) is 0 Å². The molecule has 1 aliphatic rings. The first kappa shape index (κ1) is 86.0. The molecule has 37 heteroatoms. The van der Waals surface area contributed by atoms with Gasteiger partial charge in [0.25, 0.3) is 0 Å². The summed E-state index contributed by atoms with van der Waals surface area (Å²) >= 11 is 0. The number of halogens is 3. The lowest BCUT2D eigenvalue weighted by molar-refractivity contribution is -0.192. The highest BCUT2D eigenvalue weighted by Crippen LogP contribution is 2.26. The molecule has 7 aromatic rings. The number of carbonyl (C=O) groups excluding carboxylic acids is 11. The van der Waals surface area contributed by atoms with Crippen LogP contribution in [0.3, 0.4) is 0 Å². The van der Waals surface area contributed by atoms with E-state index in [2.05, 4.69) is 62.8 Å². The van der Waals surface area contributed by atoms with E-state index < -0.39 is 181 Å². The van der Waals surface area contributed by atoms with Crippen molar-refractivity contribution in [2.45, 2.75) is 157 Å². The van der Waals surface area contributed by atoms with Crippen molar-refractivity contribution in [3.05, 3.63) is 144 Å². The fourth-order valence-corrected chi connectivity index (χ4v) is 12.5. The molecule has 1 fully saturated rings. The van der Waals surface area contributed by atoms with Crippen molar-refractivity contribution in [1.29, 1.82) is 0 Å². The Morgan fingerprint density at radius 2 is 0.982 bits per heavy atom. The van der Waals surface area contributed by atoms with Gasteiger partial charge in [-0.3, -0.25) is 57.5 Å². The second-order valence-corrected chi connectivity index (χ2v) is 26.6. The Labute approximate surface area is 632 Å². The van der Waals surface area contributed by atoms with Crippen LogP contribution in [0.1, 0.15) is 87.5 Å². The maximum Gasteiger partial charge on any atom is 0.490 e. The molecule has 3 aromatic heterocycles. The number of primary amides is 1. The average Bonchev–Trinajstić information content (AvgIpc) is 1.68. The quantitative estimate of drug-likeness (QED) is 0.0225. The molecule has 0 unspecified atom stereocenters. The van der Waals surface area contributed by atoms with Gasteiger partial charge >= 0.3 is 24.1 Å². The van der Waals surface area contributed by atoms with Gasteiger partial charge in [-0.25, -0.2) is 9.59 Å². The SMILES string of the molecule is CC[C@H](C)[C@H](NC(=O)CNC(=O)[C@@H]1CCCN1C(=O)[C@H](Cc1c[nH]c2ccccc12)NC(=O)[C@H](Cc1c[nH]c2ccccc12)NC(=O)[C@H](CCCCN)NC(=O)[C@H](Cc1c[nH]c2ccccc12)NC(=O)[C@H](CC(N)=O)NC(=O)[C@@H](N)CO)C(=O)N[C@@H](Cc1ccccc1)C(=O)N[C@@H](CC(=O)O)C(=O)O.O=C(O)C(F)(F)F. The van der Waals surface area contributed by atoms with Crippen molar-refractivity contribution in [3.63, 3.8) is 0 Å². The summed E-state index contributed by atoms with van der Waals surface area (Å²) in [5.74, 6) is -16.2. The van der Waals surface area contributed by atoms with E-state index in [-0.39, 0.29) is 58.0 Å². The summed E-state index contributed by atoms with van der Waals surface area (Å²) in [7, 11) is 0. The molecule has 0 saturated carbocycles. The summed E-state index contributed by atoms with van der Waals surface area (Å²) in [6.45, 7) is 2.12. The van der Waals surface area contributed by atoms with Crippen molar-refractivity contribution in [2.75, 3.05) is 26.2 Å². The number of rotatable bonds is 39. The number of unbranched alkanes of at least 4 members (excludes halogenated alkanes) is 1. The Morgan fingerprint density at radius 1 is 0.550 bits per heavy atom. The average molecular weight is 1550 g/mol. The Morgan fingerprint density at radius 3 is 1.45 bits per heavy atom. The summed E-state index contributed by atoms with van der Waals surface area (Å²) in [6, 6.07) is 15.1. The number of nitrogens with two attached hydrogens (primary N) is 3. The molecule has 11 atom stereocenters. The number of aliphatic carboxylic acids is 3. The second-order valence-electron chi connectivity index (χ2n) is 26.6. The fourth-order valence-electron chi connectivity index (χ4n) is 12.5. The number of nitrogens with zero attached hydrogens (tertiary/aromatic N) is 1. The maximum absolute atomic E-state index is 15.5. The number of alkyl halides is 3. The number of hydrogen-bond acceptors (Lipinski definition) is 17. The van der Waals surface area contributed by atoms with Crippen LogP contribution in [0.25, 0.3) is 32.7 Å². The lowest BCUT2D eigenvalue weighted by atomic mass is 9.97. The molecule has 34 nitrogen and oxygen atoms in total. The number of H-pyrrole nitrogens is 3. The number of hydrogen-bond donors (Lipinski definition) is 19. The number of aromatic amines is 3. The van der Waals surface area contributed by atoms with Gasteiger partial charge in [-0.1, -0.05) is 105 Å². The third kappa shape index (κ3) is 24.9. The topological polar surface area (TPSA) is 557 Å². The first-order valence-corrected chi connectivity index (χ1v) is 35.6. The van der Waals surface area contributed by atoms with Crippen molar-refractivity contribution < 1.29 is 101 Å². The first-order chi connectivity index (χ1) is 52.8. The maximum atomic E-state index is 15.5. The molecule has 4 aromatic carbocycles. The Bertz CT molecular complexity index is 4470. The third-order valence-electron chi connectivity index (χ3n) is 18.6. The number of likely N-dealkylation sites (tertiary alicyclic amines) is 1. The van der Waals surface area contributed by atoms with E-state index in [1.54, 1.807) is 105 Å². The molecule has 11 amide bonds. The van der Waals surface area contributed by atoms with E-state index in [0.717, 1.165) is 0 Å². The predicted molar refractivity (Wildman–Crippen MR) is 394 cm³/mol. The molecule has 0 bridgehead atoms. The number of nitrogens with one attached hydrogen (secondary N) is 12. The number of carboxylic acid groups (broad SMARTS) is 3. The number of para-hydroxylation sites is 3. The molecule has 1 aliphatic heterocycles. The number of amides is 11. The number of carboxylic acids is 3. The second kappa shape index (κ2) is 40.8. The first-order valence-electron chi connectivity index (χ1n) is 35.6. The minimum atomic E-state index is -5.08. The van der Waals surface area contributed by atoms with Crippen LogP contribution in [-0.2, 0) is 92.8 Å². The lowest BCUT2D eigenvalue weighted by Gasteiger charge is -2.30. The minimum absolute atomic E-state index is 0.0284. The number of carbonyl (C=O) groups is 14. The zero-order valence-electron chi connectivity index (χ0n) is 60.5. The van der Waals surface area contributed by atoms with Crippen LogP contribution in [0, 0.1) is 5.92 Å². The van der Waals surface area contributed by atoms with Crippen LogP contribution < -0.4 is 65.1 Å². The fraction of sp³-hybridized carbons (Fsp3) is 0.405. The zero-order chi connectivity index (χ0) is 81.2. The number of benzene rings is 4. The van der Waals surface area contributed by atoms with Gasteiger partial charge in [0.05, 0.1) is 26.0 Å². The number of fused-ring (bicyclic) bond motifs is 3. The zero-order valence-corrected chi connectivity index (χ0v) is 60.5. The standard InChI is InChI=1S/C72H90N16O16.C2HF3O2/c1-3-39(2)62(70(101)84-52(28-40-16-5-4-6-17-40)65(96)86-57(72(103)104)33-61(92)93)87-60(91)37-79-69(100)58-25-15-27-88(58)71(102)56(31-43-36-78-50-23-12-9-20-46(43)50)85-67(98)54(30-42-35-77-49-22-11-8-19-45(42)49)82-64(95)51(24-13-14-26-73)80-66(97)53(29-41-34-76-48-21-10-7-18-44(41)48)83-68(99)55(32-59(75)90)81-63(94)47(74)38-89;3-2(4,5)1(6)7/h4-12,16-23,34-36,39,47,51-58,62,76-78,89H,3,13-15,24-33,37-38,73-74H2,1-2H3,(H2,75,90)(H,79,100)(H,80,97)(H,81,94)(H,82,95)(H,83,99)(H,84,101)(H,85,98)(H,86,96)(H,87,91)(H,92,93)(H,103,104);(H,6,7)/t39-,47-,51-,52-,53-,54-,55-,56-,57-,58-,62-;/m0./s1. The number of aliphatic hydroxyl groups is 1. The van der Waals surface area contributed by atoms with E-state index in [9.17, 15) is 76.4 Å². The lowest BCUT2D eigenvalue weighted by Crippen LogP contribution is -2.61. The Kier molecular flexibility index (Phi) is 31.6. The van der Waals surface area contributed by atoms with Gasteiger partial charge in [-0.15, -0.1) is 0 Å². The Balaban J connectivity index is 0.00000233. The molecule has 1 saturated heterocycles. The summed E-state index contributed by atoms with van der Waals surface area (Å²) in [4.78, 5) is 200. The molecule has 4 heterocycles. The molecule has 22 N–H and O–H groups in total. The van der Waals surface area contributed by atoms with Crippen LogP contribution in [-0.4, -0.2) is 216 Å². The van der Waals surface area contributed by atoms with Crippen molar-refractivity contribution >= 4 is 116 Å². The smallest absolute Gasteiger partial charge is 0.481 e. The highest BCUT2D eigenvalue weighted by Gasteiger charge is 2.42. The van der Waals surface area contributed by atoms with Gasteiger partial charge in [0.1, 0.15) is 60.4 Å². The normalized spacial score (nSPS) is 15.4. The van der Waals surface area contributed by atoms with Gasteiger partial charge in [-0.05, 0) is 85.0 Å². The van der Waals surface area contributed by atoms with Crippen LogP contribution in [0.15, 0.2) is 122 Å². The van der Waals surface area contributed by atoms with Crippen LogP contribution in [0.5, 0.6) is 0 Å². The summed E-state index contributed by atoms with van der Waals surface area (Å²) in [5, 5.41) is 61.3. The summed E-state index contributed by atoms with van der Waals surface area (Å²) < 4.78 is 31.7. The van der Waals surface area contributed by atoms with E-state index in [1.165, 1.54) is 4.90 Å². The molecule has 111 heavy (non-hydrogen) atoms. The Hall–Kier alpha value is -12.2. The number of aliphatic hydroxyl groups excluding tert-OH is 1. The van der Waals surface area contributed by atoms with Gasteiger partial charge in [-0.2, -0.15) is 13.2 Å².